The summed E-state index contributed by atoms with van der Waals surface area (Å²) in [7, 11) is 0. The topological polar surface area (TPSA) is 24.1 Å². The molecule has 2 N–H and O–H groups in total. The zero-order valence-corrected chi connectivity index (χ0v) is 9.28. The minimum atomic E-state index is 0.854. The molecule has 1 aromatic rings. The summed E-state index contributed by atoms with van der Waals surface area (Å²) in [4.78, 5) is 1.43. The van der Waals surface area contributed by atoms with Gasteiger partial charge >= 0.3 is 0 Å². The van der Waals surface area contributed by atoms with Gasteiger partial charge in [0.2, 0.25) is 0 Å². The van der Waals surface area contributed by atoms with Gasteiger partial charge in [0, 0.05) is 17.5 Å². The van der Waals surface area contributed by atoms with E-state index in [1.807, 2.05) is 11.3 Å². The van der Waals surface area contributed by atoms with Gasteiger partial charge in [-0.05, 0) is 43.8 Å². The van der Waals surface area contributed by atoms with E-state index in [0.717, 1.165) is 19.1 Å². The van der Waals surface area contributed by atoms with Gasteiger partial charge in [0.1, 0.15) is 0 Å². The third-order valence-corrected chi connectivity index (χ3v) is 3.30. The van der Waals surface area contributed by atoms with Gasteiger partial charge in [-0.3, -0.25) is 0 Å². The van der Waals surface area contributed by atoms with Crippen LogP contribution >= 0.6 is 11.3 Å². The lowest BCUT2D eigenvalue weighted by Gasteiger charge is -2.03. The van der Waals surface area contributed by atoms with E-state index in [1.54, 1.807) is 0 Å². The lowest BCUT2D eigenvalue weighted by molar-refractivity contribution is 0.595. The fourth-order valence-electron chi connectivity index (χ4n) is 1.43. The molecule has 0 saturated heterocycles. The van der Waals surface area contributed by atoms with E-state index in [1.165, 1.54) is 30.7 Å². The standard InChI is InChI=1S/C11H18N2S/c1-3-11(14-8-1)9-12-6-2-7-13-10-4-5-10/h1,3,8,10,12-13H,2,4-7,9H2. The highest BCUT2D eigenvalue weighted by Crippen LogP contribution is 2.18. The van der Waals surface area contributed by atoms with E-state index in [0.29, 0.717) is 0 Å². The Labute approximate surface area is 89.7 Å². The molecular formula is C11H18N2S. The Morgan fingerprint density at radius 2 is 2.29 bits per heavy atom. The van der Waals surface area contributed by atoms with Crippen LogP contribution in [0, 0.1) is 0 Å². The maximum atomic E-state index is 3.51. The largest absolute Gasteiger partial charge is 0.314 e. The number of thiophene rings is 1. The highest BCUT2D eigenvalue weighted by Gasteiger charge is 2.19. The third kappa shape index (κ3) is 3.78. The molecule has 0 aromatic carbocycles. The molecule has 1 aliphatic rings. The Bertz CT molecular complexity index is 242. The predicted molar refractivity (Wildman–Crippen MR) is 61.7 cm³/mol. The summed E-state index contributed by atoms with van der Waals surface area (Å²) in [6.45, 7) is 3.32. The first kappa shape index (κ1) is 10.1. The first-order valence-corrected chi connectivity index (χ1v) is 6.29. The van der Waals surface area contributed by atoms with Crippen LogP contribution in [0.25, 0.3) is 0 Å². The molecule has 1 aliphatic carbocycles. The molecule has 0 unspecified atom stereocenters. The molecule has 78 valence electrons. The van der Waals surface area contributed by atoms with Crippen molar-refractivity contribution >= 4 is 11.3 Å². The van der Waals surface area contributed by atoms with Crippen LogP contribution in [0.3, 0.4) is 0 Å². The zero-order chi connectivity index (χ0) is 9.64. The minimum absolute atomic E-state index is 0.854. The second-order valence-electron chi connectivity index (χ2n) is 3.84. The maximum absolute atomic E-state index is 3.51. The van der Waals surface area contributed by atoms with Gasteiger partial charge in [0.05, 0.1) is 0 Å². The second-order valence-corrected chi connectivity index (χ2v) is 4.87. The molecule has 0 bridgehead atoms. The lowest BCUT2D eigenvalue weighted by Crippen LogP contribution is -2.22. The summed E-state index contributed by atoms with van der Waals surface area (Å²) in [5.74, 6) is 0. The van der Waals surface area contributed by atoms with Gasteiger partial charge in [0.25, 0.3) is 0 Å². The second kappa shape index (κ2) is 5.49. The molecule has 0 amide bonds. The molecule has 0 atom stereocenters. The smallest absolute Gasteiger partial charge is 0.0299 e. The number of rotatable bonds is 7. The molecule has 14 heavy (non-hydrogen) atoms. The summed E-state index contributed by atoms with van der Waals surface area (Å²) in [6, 6.07) is 5.14. The molecule has 1 heterocycles. The summed E-state index contributed by atoms with van der Waals surface area (Å²) < 4.78 is 0. The molecule has 1 aromatic heterocycles. The van der Waals surface area contributed by atoms with Gasteiger partial charge < -0.3 is 10.6 Å². The highest BCUT2D eigenvalue weighted by molar-refractivity contribution is 7.09. The van der Waals surface area contributed by atoms with Gasteiger partial charge in [-0.1, -0.05) is 6.07 Å². The van der Waals surface area contributed by atoms with Crippen LogP contribution in [0.1, 0.15) is 24.1 Å². The molecule has 2 nitrogen and oxygen atoms in total. The molecule has 0 spiro atoms. The Morgan fingerprint density at radius 3 is 3.00 bits per heavy atom. The van der Waals surface area contributed by atoms with Crippen molar-refractivity contribution in [2.45, 2.75) is 31.8 Å². The van der Waals surface area contributed by atoms with E-state index in [4.69, 9.17) is 0 Å². The Balaban J connectivity index is 1.43. The number of hydrogen-bond acceptors (Lipinski definition) is 3. The highest BCUT2D eigenvalue weighted by atomic mass is 32.1. The first-order chi connectivity index (χ1) is 6.95. The van der Waals surface area contributed by atoms with Crippen molar-refractivity contribution in [2.24, 2.45) is 0 Å². The molecular weight excluding hydrogens is 192 g/mol. The van der Waals surface area contributed by atoms with E-state index < -0.39 is 0 Å². The monoisotopic (exact) mass is 210 g/mol. The fourth-order valence-corrected chi connectivity index (χ4v) is 2.11. The summed E-state index contributed by atoms with van der Waals surface area (Å²) in [5.41, 5.74) is 0. The zero-order valence-electron chi connectivity index (χ0n) is 8.46. The van der Waals surface area contributed by atoms with Crippen molar-refractivity contribution < 1.29 is 0 Å². The van der Waals surface area contributed by atoms with Gasteiger partial charge in [-0.25, -0.2) is 0 Å². The van der Waals surface area contributed by atoms with Crippen molar-refractivity contribution in [3.05, 3.63) is 22.4 Å². The number of hydrogen-bond donors (Lipinski definition) is 2. The lowest BCUT2D eigenvalue weighted by atomic mass is 10.4. The van der Waals surface area contributed by atoms with Crippen LogP contribution in [0.5, 0.6) is 0 Å². The van der Waals surface area contributed by atoms with Crippen LogP contribution in [-0.4, -0.2) is 19.1 Å². The van der Waals surface area contributed by atoms with Gasteiger partial charge in [-0.15, -0.1) is 11.3 Å². The van der Waals surface area contributed by atoms with Crippen molar-refractivity contribution in [3.8, 4) is 0 Å². The Morgan fingerprint density at radius 1 is 1.36 bits per heavy atom. The number of nitrogens with one attached hydrogen (secondary N) is 2. The summed E-state index contributed by atoms with van der Waals surface area (Å²) in [5, 5.41) is 9.10. The predicted octanol–water partition coefficient (Wildman–Crippen LogP) is 1.98. The molecule has 0 radical (unpaired) electrons. The SMILES string of the molecule is c1csc(CNCCCNC2CC2)c1. The summed E-state index contributed by atoms with van der Waals surface area (Å²) >= 11 is 1.82. The Hall–Kier alpha value is -0.380. The van der Waals surface area contributed by atoms with E-state index in [-0.39, 0.29) is 0 Å². The molecule has 2 rings (SSSR count). The van der Waals surface area contributed by atoms with E-state index >= 15 is 0 Å². The maximum Gasteiger partial charge on any atom is 0.0299 e. The van der Waals surface area contributed by atoms with Gasteiger partial charge in [0.15, 0.2) is 0 Å². The Kier molecular flexibility index (Phi) is 3.98. The minimum Gasteiger partial charge on any atom is -0.314 e. The van der Waals surface area contributed by atoms with Crippen LogP contribution in [-0.2, 0) is 6.54 Å². The molecule has 1 fully saturated rings. The van der Waals surface area contributed by atoms with Crippen molar-refractivity contribution in [2.75, 3.05) is 13.1 Å². The average molecular weight is 210 g/mol. The summed E-state index contributed by atoms with van der Waals surface area (Å²) in [6.07, 6.45) is 4.02. The van der Waals surface area contributed by atoms with Gasteiger partial charge in [-0.2, -0.15) is 0 Å². The first-order valence-electron chi connectivity index (χ1n) is 5.41. The van der Waals surface area contributed by atoms with Crippen LogP contribution < -0.4 is 10.6 Å². The van der Waals surface area contributed by atoms with Crippen molar-refractivity contribution in [1.29, 1.82) is 0 Å². The van der Waals surface area contributed by atoms with Crippen LogP contribution in [0.2, 0.25) is 0 Å². The van der Waals surface area contributed by atoms with E-state index in [2.05, 4.69) is 28.1 Å². The third-order valence-electron chi connectivity index (χ3n) is 2.42. The van der Waals surface area contributed by atoms with Crippen molar-refractivity contribution in [1.82, 2.24) is 10.6 Å². The molecule has 3 heteroatoms. The molecule has 1 saturated carbocycles. The quantitative estimate of drug-likeness (QED) is 0.672. The van der Waals surface area contributed by atoms with Crippen LogP contribution in [0.15, 0.2) is 17.5 Å². The van der Waals surface area contributed by atoms with Crippen molar-refractivity contribution in [3.63, 3.8) is 0 Å². The normalized spacial score (nSPS) is 16.0. The fraction of sp³-hybridized carbons (Fsp3) is 0.636. The van der Waals surface area contributed by atoms with E-state index in [9.17, 15) is 0 Å². The van der Waals surface area contributed by atoms with Crippen LogP contribution in [0.4, 0.5) is 0 Å². The average Bonchev–Trinajstić information content (AvgIpc) is 2.87. The molecule has 0 aliphatic heterocycles.